The molecule has 0 saturated carbocycles. The average Bonchev–Trinajstić information content (AvgIpc) is 2.17. The van der Waals surface area contributed by atoms with E-state index < -0.39 is 0 Å². The van der Waals surface area contributed by atoms with Crippen LogP contribution in [-0.4, -0.2) is 27.9 Å². The second-order valence-electron chi connectivity index (χ2n) is 2.45. The van der Waals surface area contributed by atoms with Crippen molar-refractivity contribution in [1.29, 1.82) is 0 Å². The number of para-hydroxylation sites is 1. The molecule has 2 rings (SSSR count). The van der Waals surface area contributed by atoms with E-state index in [1.807, 2.05) is 20.8 Å². The molecule has 0 saturated heterocycles. The van der Waals surface area contributed by atoms with Gasteiger partial charge in [-0.1, -0.05) is 0 Å². The Labute approximate surface area is 88.4 Å². The minimum atomic E-state index is 1.14. The molecule has 0 amide bonds. The van der Waals surface area contributed by atoms with Crippen LogP contribution in [0.1, 0.15) is 0 Å². The monoisotopic (exact) mass is 275 g/mol. The first kappa shape index (κ1) is 8.45. The fourth-order valence-electron chi connectivity index (χ4n) is 1.17. The molecule has 1 nitrogen and oxygen atoms in total. The van der Waals surface area contributed by atoms with Gasteiger partial charge >= 0.3 is 88.8 Å². The van der Waals surface area contributed by atoms with Gasteiger partial charge in [0.15, 0.2) is 0 Å². The van der Waals surface area contributed by atoms with Crippen molar-refractivity contribution < 1.29 is 0 Å². The third-order valence-corrected chi connectivity index (χ3v) is 4.48. The van der Waals surface area contributed by atoms with Gasteiger partial charge < -0.3 is 0 Å². The molecule has 1 aromatic carbocycles. The summed E-state index contributed by atoms with van der Waals surface area (Å²) in [5.41, 5.74) is 1.14. The molecule has 0 aliphatic heterocycles. The Balaban J connectivity index is 2.79. The molecule has 56 valence electrons. The minimum absolute atomic E-state index is 1.14. The van der Waals surface area contributed by atoms with Crippen LogP contribution in [0.4, 0.5) is 0 Å². The maximum absolute atomic E-state index is 4.35. The van der Waals surface area contributed by atoms with Crippen molar-refractivity contribution in [2.24, 2.45) is 0 Å². The normalized spacial score (nSPS) is 10.3. The van der Waals surface area contributed by atoms with Crippen LogP contribution in [0.25, 0.3) is 10.9 Å². The number of hydrogen-bond donors (Lipinski definition) is 0. The third-order valence-electron chi connectivity index (χ3n) is 1.72. The summed E-state index contributed by atoms with van der Waals surface area (Å²) in [6.07, 6.45) is 1.85. The number of benzene rings is 1. The number of hydrogen-bond acceptors (Lipinski definition) is 2. The molecule has 2 radical (unpaired) electrons. The predicted octanol–water partition coefficient (Wildman–Crippen LogP) is 2.41. The number of aromatic nitrogens is 1. The van der Waals surface area contributed by atoms with Gasteiger partial charge in [-0.2, -0.15) is 0 Å². The molecule has 0 N–H and O–H groups in total. The summed E-state index contributed by atoms with van der Waals surface area (Å²) >= 11 is 1.18. The van der Waals surface area contributed by atoms with Gasteiger partial charge in [-0.25, -0.2) is 0 Å². The fourth-order valence-corrected chi connectivity index (χ4v) is 3.24. The Bertz CT molecular complexity index is 397. The molecule has 1 heterocycles. The Morgan fingerprint density at radius 2 is 2.00 bits per heavy atom. The Kier molecular flexibility index (Phi) is 2.61. The first-order chi connectivity index (χ1) is 5.92. The Morgan fingerprint density at radius 3 is 2.83 bits per heavy atom. The Morgan fingerprint density at radius 1 is 1.17 bits per heavy atom. The number of fused-ring (bicyclic) bond motifs is 1. The maximum atomic E-state index is 4.35. The predicted molar refractivity (Wildman–Crippen MR) is 53.4 cm³/mol. The van der Waals surface area contributed by atoms with E-state index in [9.17, 15) is 0 Å². The van der Waals surface area contributed by atoms with Crippen LogP contribution >= 0.6 is 8.59 Å². The van der Waals surface area contributed by atoms with Crippen LogP contribution in [0.15, 0.2) is 41.4 Å². The van der Waals surface area contributed by atoms with Gasteiger partial charge in [0.05, 0.1) is 0 Å². The average molecular weight is 275 g/mol. The molecule has 1 aromatic heterocycles. The standard InChI is InChI=1S/C9H7NS.In/c11-8-5-1-3-7-4-2-6-10-9(7)8;/h1-6,11H;/q;+1/p-1. The van der Waals surface area contributed by atoms with E-state index in [1.165, 1.54) is 33.2 Å². The van der Waals surface area contributed by atoms with Crippen LogP contribution in [-0.2, 0) is 0 Å². The second-order valence-corrected chi connectivity index (χ2v) is 5.14. The molecule has 0 spiro atoms. The van der Waals surface area contributed by atoms with E-state index >= 15 is 0 Å². The van der Waals surface area contributed by atoms with Crippen molar-refractivity contribution in [3.63, 3.8) is 0 Å². The van der Waals surface area contributed by atoms with Gasteiger partial charge in [-0.05, 0) is 0 Å². The first-order valence-electron chi connectivity index (χ1n) is 3.62. The Hall–Kier alpha value is -0.150. The quantitative estimate of drug-likeness (QED) is 0.792. The van der Waals surface area contributed by atoms with Crippen molar-refractivity contribution in [3.8, 4) is 0 Å². The van der Waals surface area contributed by atoms with Gasteiger partial charge in [0.2, 0.25) is 0 Å². The number of rotatable bonds is 1. The van der Waals surface area contributed by atoms with Crippen LogP contribution in [0.2, 0.25) is 0 Å². The zero-order valence-electron chi connectivity index (χ0n) is 6.40. The number of nitrogens with zero attached hydrogens (tertiary/aromatic N) is 1. The van der Waals surface area contributed by atoms with Crippen molar-refractivity contribution in [2.75, 3.05) is 0 Å². The van der Waals surface area contributed by atoms with Crippen LogP contribution in [0.3, 0.4) is 0 Å². The number of pyridine rings is 1. The molecular formula is C9H6InNS. The van der Waals surface area contributed by atoms with Crippen LogP contribution in [0, 0.1) is 0 Å². The molecular weight excluding hydrogens is 269 g/mol. The summed E-state index contributed by atoms with van der Waals surface area (Å²) in [5.74, 6) is 0. The van der Waals surface area contributed by atoms with Crippen molar-refractivity contribution in [3.05, 3.63) is 36.5 Å². The van der Waals surface area contributed by atoms with Gasteiger partial charge in [0, 0.05) is 0 Å². The second kappa shape index (κ2) is 3.71. The fraction of sp³-hybridized carbons (Fsp3) is 0. The van der Waals surface area contributed by atoms with E-state index in [0.29, 0.717) is 0 Å². The van der Waals surface area contributed by atoms with Crippen LogP contribution in [0.5, 0.6) is 0 Å². The molecule has 0 unspecified atom stereocenters. The topological polar surface area (TPSA) is 12.9 Å². The molecule has 0 atom stereocenters. The zero-order chi connectivity index (χ0) is 8.39. The van der Waals surface area contributed by atoms with E-state index in [2.05, 4.69) is 29.2 Å². The van der Waals surface area contributed by atoms with Crippen molar-refractivity contribution in [1.82, 2.24) is 4.98 Å². The molecule has 0 aliphatic rings. The summed E-state index contributed by atoms with van der Waals surface area (Å²) in [6, 6.07) is 10.4. The van der Waals surface area contributed by atoms with Crippen molar-refractivity contribution >= 4 is 42.4 Å². The van der Waals surface area contributed by atoms with Gasteiger partial charge in [-0.15, -0.1) is 0 Å². The van der Waals surface area contributed by atoms with E-state index in [4.69, 9.17) is 0 Å². The van der Waals surface area contributed by atoms with Crippen LogP contribution < -0.4 is 0 Å². The van der Waals surface area contributed by atoms with Gasteiger partial charge in [0.25, 0.3) is 0 Å². The molecule has 0 aliphatic carbocycles. The summed E-state index contributed by atoms with van der Waals surface area (Å²) in [4.78, 5) is 5.65. The SMILES string of the molecule is [In][S]c1cccc2cccnc12. The molecule has 3 heteroatoms. The molecule has 0 fully saturated rings. The third kappa shape index (κ3) is 1.48. The zero-order valence-corrected chi connectivity index (χ0v) is 10.5. The summed E-state index contributed by atoms with van der Waals surface area (Å²) in [6.45, 7) is 0. The van der Waals surface area contributed by atoms with Crippen molar-refractivity contribution in [2.45, 2.75) is 4.90 Å². The molecule has 12 heavy (non-hydrogen) atoms. The summed E-state index contributed by atoms with van der Waals surface area (Å²) < 4.78 is 0. The van der Waals surface area contributed by atoms with E-state index in [1.54, 1.807) is 0 Å². The van der Waals surface area contributed by atoms with Gasteiger partial charge in [0.1, 0.15) is 0 Å². The molecule has 0 bridgehead atoms. The summed E-state index contributed by atoms with van der Waals surface area (Å²) in [5, 5.41) is 1.23. The van der Waals surface area contributed by atoms with E-state index in [0.717, 1.165) is 5.52 Å². The van der Waals surface area contributed by atoms with Gasteiger partial charge in [-0.3, -0.25) is 0 Å². The summed E-state index contributed by atoms with van der Waals surface area (Å²) in [7, 11) is 1.87. The molecule has 2 aromatic rings. The van der Waals surface area contributed by atoms with E-state index in [-0.39, 0.29) is 0 Å². The first-order valence-corrected chi connectivity index (χ1v) is 8.54.